The summed E-state index contributed by atoms with van der Waals surface area (Å²) in [6.45, 7) is 4.41. The minimum Gasteiger partial charge on any atom is -0.392 e. The van der Waals surface area contributed by atoms with Crippen molar-refractivity contribution in [2.24, 2.45) is 0 Å². The molecule has 2 heterocycles. The van der Waals surface area contributed by atoms with Crippen molar-refractivity contribution in [2.45, 2.75) is 44.5 Å². The Morgan fingerprint density at radius 1 is 1.28 bits per heavy atom. The summed E-state index contributed by atoms with van der Waals surface area (Å²) in [4.78, 5) is 6.53. The first-order chi connectivity index (χ1) is 12.2. The lowest BCUT2D eigenvalue weighted by Crippen LogP contribution is -2.39. The Kier molecular flexibility index (Phi) is 6.13. The molecule has 0 radical (unpaired) electrons. The van der Waals surface area contributed by atoms with Gasteiger partial charge in [-0.2, -0.15) is 0 Å². The summed E-state index contributed by atoms with van der Waals surface area (Å²) in [5.41, 5.74) is 2.12. The molecule has 5 heteroatoms. The molecule has 3 rings (SSSR count). The molecule has 0 amide bonds. The van der Waals surface area contributed by atoms with Crippen LogP contribution in [0.5, 0.6) is 0 Å². The van der Waals surface area contributed by atoms with Gasteiger partial charge in [-0.05, 0) is 30.5 Å². The van der Waals surface area contributed by atoms with Crippen LogP contribution in [0.25, 0.3) is 0 Å². The lowest BCUT2D eigenvalue weighted by molar-refractivity contribution is 0.172. The molecule has 0 bridgehead atoms. The van der Waals surface area contributed by atoms with E-state index in [9.17, 15) is 9.50 Å². The molecule has 3 unspecified atom stereocenters. The average Bonchev–Trinajstić information content (AvgIpc) is 2.97. The molecule has 1 saturated heterocycles. The number of aromatic nitrogens is 1. The quantitative estimate of drug-likeness (QED) is 0.812. The molecular weight excluding hydrogens is 317 g/mol. The monoisotopic (exact) mass is 343 g/mol. The number of hydrogen-bond acceptors (Lipinski definition) is 4. The second-order valence-electron chi connectivity index (χ2n) is 6.73. The fraction of sp³-hybridized carbons (Fsp3) is 0.450. The normalized spacial score (nSPS) is 22.2. The van der Waals surface area contributed by atoms with Gasteiger partial charge in [0.1, 0.15) is 5.82 Å². The first kappa shape index (κ1) is 18.0. The number of nitrogens with zero attached hydrogens (tertiary/aromatic N) is 2. The number of aliphatic hydroxyl groups excluding tert-OH is 1. The number of rotatable bonds is 7. The molecule has 2 aromatic rings. The smallest absolute Gasteiger partial charge is 0.141 e. The number of pyridine rings is 1. The van der Waals surface area contributed by atoms with Crippen molar-refractivity contribution in [1.29, 1.82) is 0 Å². The lowest BCUT2D eigenvalue weighted by Gasteiger charge is -2.26. The molecule has 2 N–H and O–H groups in total. The second-order valence-corrected chi connectivity index (χ2v) is 6.73. The van der Waals surface area contributed by atoms with Crippen LogP contribution in [-0.4, -0.2) is 40.2 Å². The Bertz CT molecular complexity index is 650. The zero-order chi connectivity index (χ0) is 17.6. The Morgan fingerprint density at radius 2 is 2.08 bits per heavy atom. The van der Waals surface area contributed by atoms with E-state index in [1.54, 1.807) is 6.07 Å². The molecule has 1 fully saturated rings. The van der Waals surface area contributed by atoms with E-state index in [0.717, 1.165) is 31.6 Å². The molecule has 4 nitrogen and oxygen atoms in total. The van der Waals surface area contributed by atoms with Crippen molar-refractivity contribution in [1.82, 2.24) is 15.2 Å². The van der Waals surface area contributed by atoms with Crippen LogP contribution in [0.3, 0.4) is 0 Å². The van der Waals surface area contributed by atoms with Gasteiger partial charge >= 0.3 is 0 Å². The van der Waals surface area contributed by atoms with E-state index in [-0.39, 0.29) is 24.0 Å². The van der Waals surface area contributed by atoms with E-state index in [1.165, 1.54) is 17.8 Å². The summed E-state index contributed by atoms with van der Waals surface area (Å²) in [6, 6.07) is 13.9. The number of aliphatic hydroxyl groups is 1. The number of β-amino-alcohol motifs (C(OH)–C–C–N with tert-alkyl or cyclic N) is 1. The van der Waals surface area contributed by atoms with Gasteiger partial charge in [-0.15, -0.1) is 0 Å². The molecule has 0 aliphatic carbocycles. The molecule has 1 aromatic carbocycles. The van der Waals surface area contributed by atoms with Crippen LogP contribution in [0.1, 0.15) is 37.1 Å². The summed E-state index contributed by atoms with van der Waals surface area (Å²) in [7, 11) is 0. The van der Waals surface area contributed by atoms with E-state index < -0.39 is 0 Å². The highest BCUT2D eigenvalue weighted by atomic mass is 19.1. The van der Waals surface area contributed by atoms with Crippen molar-refractivity contribution < 1.29 is 9.50 Å². The minimum absolute atomic E-state index is 0.0944. The van der Waals surface area contributed by atoms with Gasteiger partial charge in [0.15, 0.2) is 0 Å². The average molecular weight is 343 g/mol. The third-order valence-corrected chi connectivity index (χ3v) is 4.85. The first-order valence-electron chi connectivity index (χ1n) is 8.96. The zero-order valence-electron chi connectivity index (χ0n) is 14.6. The van der Waals surface area contributed by atoms with Crippen LogP contribution in [-0.2, 0) is 6.54 Å². The van der Waals surface area contributed by atoms with Crippen molar-refractivity contribution in [2.75, 3.05) is 13.1 Å². The van der Waals surface area contributed by atoms with E-state index >= 15 is 0 Å². The van der Waals surface area contributed by atoms with Crippen molar-refractivity contribution in [3.05, 3.63) is 65.7 Å². The van der Waals surface area contributed by atoms with Gasteiger partial charge in [0.05, 0.1) is 18.0 Å². The highest BCUT2D eigenvalue weighted by molar-refractivity contribution is 5.15. The van der Waals surface area contributed by atoms with Crippen molar-refractivity contribution in [3.8, 4) is 0 Å². The maximum absolute atomic E-state index is 13.1. The number of likely N-dealkylation sites (tertiary alicyclic amines) is 1. The predicted octanol–water partition coefficient (Wildman–Crippen LogP) is 2.90. The fourth-order valence-electron chi connectivity index (χ4n) is 3.51. The largest absolute Gasteiger partial charge is 0.392 e. The van der Waals surface area contributed by atoms with Gasteiger partial charge in [-0.3, -0.25) is 9.88 Å². The maximum atomic E-state index is 13.1. The summed E-state index contributed by atoms with van der Waals surface area (Å²) < 4.78 is 13.1. The van der Waals surface area contributed by atoms with Crippen molar-refractivity contribution >= 4 is 0 Å². The van der Waals surface area contributed by atoms with Gasteiger partial charge in [-0.25, -0.2) is 4.39 Å². The standard InChI is InChI=1S/C20H26FN3O/c1-2-19(20-9-8-16(21)11-22-20)23-12-17-10-18(25)14-24(17)13-15-6-4-3-5-7-15/h3-9,11,17-19,23,25H,2,10,12-14H2,1H3. The van der Waals surface area contributed by atoms with E-state index in [0.29, 0.717) is 6.54 Å². The minimum atomic E-state index is -0.313. The summed E-state index contributed by atoms with van der Waals surface area (Å²) in [5, 5.41) is 13.6. The highest BCUT2D eigenvalue weighted by Crippen LogP contribution is 2.22. The van der Waals surface area contributed by atoms with Crippen LogP contribution in [0, 0.1) is 5.82 Å². The van der Waals surface area contributed by atoms with Gasteiger partial charge in [0, 0.05) is 31.7 Å². The van der Waals surface area contributed by atoms with Crippen LogP contribution in [0.4, 0.5) is 4.39 Å². The number of benzene rings is 1. The molecular formula is C20H26FN3O. The Hall–Kier alpha value is -1.82. The molecule has 1 aliphatic rings. The topological polar surface area (TPSA) is 48.4 Å². The van der Waals surface area contributed by atoms with Gasteiger partial charge in [-0.1, -0.05) is 37.3 Å². The van der Waals surface area contributed by atoms with Crippen LogP contribution in [0.2, 0.25) is 0 Å². The van der Waals surface area contributed by atoms with E-state index in [2.05, 4.69) is 34.3 Å². The van der Waals surface area contributed by atoms with Gasteiger partial charge in [0.25, 0.3) is 0 Å². The fourth-order valence-corrected chi connectivity index (χ4v) is 3.51. The molecule has 25 heavy (non-hydrogen) atoms. The molecule has 3 atom stereocenters. The SMILES string of the molecule is CCC(NCC1CC(O)CN1Cc1ccccc1)c1ccc(F)cn1. The lowest BCUT2D eigenvalue weighted by atomic mass is 10.1. The van der Waals surface area contributed by atoms with E-state index in [4.69, 9.17) is 0 Å². The first-order valence-corrected chi connectivity index (χ1v) is 8.96. The summed E-state index contributed by atoms with van der Waals surface area (Å²) in [6.07, 6.45) is 2.64. The Morgan fingerprint density at radius 3 is 2.76 bits per heavy atom. The summed E-state index contributed by atoms with van der Waals surface area (Å²) in [5.74, 6) is -0.313. The second kappa shape index (κ2) is 8.52. The zero-order valence-corrected chi connectivity index (χ0v) is 14.6. The maximum Gasteiger partial charge on any atom is 0.141 e. The Balaban J connectivity index is 1.60. The van der Waals surface area contributed by atoms with Gasteiger partial charge < -0.3 is 10.4 Å². The van der Waals surface area contributed by atoms with Crippen molar-refractivity contribution in [3.63, 3.8) is 0 Å². The highest BCUT2D eigenvalue weighted by Gasteiger charge is 2.31. The third kappa shape index (κ3) is 4.84. The molecule has 134 valence electrons. The van der Waals surface area contributed by atoms with Crippen LogP contribution in [0.15, 0.2) is 48.7 Å². The number of halogens is 1. The molecule has 1 aromatic heterocycles. The van der Waals surface area contributed by atoms with E-state index in [1.807, 2.05) is 18.2 Å². The Labute approximate surface area is 148 Å². The van der Waals surface area contributed by atoms with Crippen LogP contribution >= 0.6 is 0 Å². The number of nitrogens with one attached hydrogen (secondary N) is 1. The third-order valence-electron chi connectivity index (χ3n) is 4.85. The molecule has 0 saturated carbocycles. The summed E-state index contributed by atoms with van der Waals surface area (Å²) >= 11 is 0. The van der Waals surface area contributed by atoms with Gasteiger partial charge in [0.2, 0.25) is 0 Å². The van der Waals surface area contributed by atoms with Crippen LogP contribution < -0.4 is 5.32 Å². The number of hydrogen-bond donors (Lipinski definition) is 2. The molecule has 0 spiro atoms. The predicted molar refractivity (Wildman–Crippen MR) is 96.5 cm³/mol. The molecule has 1 aliphatic heterocycles.